The van der Waals surface area contributed by atoms with E-state index in [0.29, 0.717) is 17.1 Å². The van der Waals surface area contributed by atoms with Gasteiger partial charge in [-0.3, -0.25) is 0 Å². The summed E-state index contributed by atoms with van der Waals surface area (Å²) in [5.41, 5.74) is 0.324. The van der Waals surface area contributed by atoms with Crippen LogP contribution < -0.4 is 10.6 Å². The molecule has 0 aliphatic carbocycles. The Labute approximate surface area is 157 Å². The van der Waals surface area contributed by atoms with Gasteiger partial charge in [0, 0.05) is 17.6 Å². The highest BCUT2D eigenvalue weighted by Gasteiger charge is 2.33. The van der Waals surface area contributed by atoms with Crippen LogP contribution in [0.25, 0.3) is 0 Å². The summed E-state index contributed by atoms with van der Waals surface area (Å²) in [4.78, 5) is 8.20. The molecule has 1 aromatic heterocycles. The number of benzene rings is 2. The molecule has 0 aliphatic heterocycles. The molecule has 136 valence electrons. The fraction of sp³-hybridized carbons (Fsp3) is 0.0556. The van der Waals surface area contributed by atoms with Crippen LogP contribution in [0.2, 0.25) is 5.02 Å². The molecule has 5 nitrogen and oxygen atoms in total. The molecule has 2 N–H and O–H groups in total. The van der Waals surface area contributed by atoms with Crippen molar-refractivity contribution in [3.8, 4) is 6.07 Å². The summed E-state index contributed by atoms with van der Waals surface area (Å²) in [7, 11) is 0. The van der Waals surface area contributed by atoms with Crippen molar-refractivity contribution in [2.45, 2.75) is 6.18 Å². The molecule has 0 bridgehead atoms. The first-order valence-corrected chi connectivity index (χ1v) is 7.97. The predicted molar refractivity (Wildman–Crippen MR) is 96.2 cm³/mol. The summed E-state index contributed by atoms with van der Waals surface area (Å²) < 4.78 is 38.9. The SMILES string of the molecule is N#Cc1cccc(Nc2ccnc(Nc3ccc(Cl)c(C(F)(F)F)c3)n2)c1. The van der Waals surface area contributed by atoms with E-state index < -0.39 is 11.7 Å². The zero-order valence-electron chi connectivity index (χ0n) is 13.5. The van der Waals surface area contributed by atoms with Gasteiger partial charge in [0.25, 0.3) is 0 Å². The molecule has 0 fully saturated rings. The van der Waals surface area contributed by atoms with Gasteiger partial charge >= 0.3 is 6.18 Å². The maximum absolute atomic E-state index is 13.0. The van der Waals surface area contributed by atoms with Gasteiger partial charge in [0.1, 0.15) is 5.82 Å². The van der Waals surface area contributed by atoms with E-state index in [1.165, 1.54) is 12.3 Å². The van der Waals surface area contributed by atoms with Gasteiger partial charge in [-0.15, -0.1) is 0 Å². The monoisotopic (exact) mass is 389 g/mol. The number of aromatic nitrogens is 2. The highest BCUT2D eigenvalue weighted by Crippen LogP contribution is 2.36. The maximum atomic E-state index is 13.0. The third-order valence-corrected chi connectivity index (χ3v) is 3.78. The number of hydrogen-bond acceptors (Lipinski definition) is 5. The molecule has 2 aromatic carbocycles. The Kier molecular flexibility index (Phi) is 5.14. The average Bonchev–Trinajstić information content (AvgIpc) is 2.63. The van der Waals surface area contributed by atoms with Crippen LogP contribution in [0, 0.1) is 11.3 Å². The van der Waals surface area contributed by atoms with Crippen molar-refractivity contribution in [3.63, 3.8) is 0 Å². The average molecular weight is 390 g/mol. The van der Waals surface area contributed by atoms with E-state index in [-0.39, 0.29) is 16.7 Å². The van der Waals surface area contributed by atoms with E-state index in [0.717, 1.165) is 12.1 Å². The number of hydrogen-bond donors (Lipinski definition) is 2. The number of nitrogens with one attached hydrogen (secondary N) is 2. The minimum Gasteiger partial charge on any atom is -0.340 e. The molecule has 27 heavy (non-hydrogen) atoms. The molecule has 0 radical (unpaired) electrons. The highest BCUT2D eigenvalue weighted by atomic mass is 35.5. The maximum Gasteiger partial charge on any atom is 0.417 e. The topological polar surface area (TPSA) is 73.6 Å². The van der Waals surface area contributed by atoms with Crippen LogP contribution in [0.3, 0.4) is 0 Å². The molecule has 0 aliphatic rings. The van der Waals surface area contributed by atoms with Crippen LogP contribution in [0.15, 0.2) is 54.7 Å². The number of nitriles is 1. The van der Waals surface area contributed by atoms with Gasteiger partial charge in [0.15, 0.2) is 0 Å². The second-order valence-electron chi connectivity index (χ2n) is 5.40. The van der Waals surface area contributed by atoms with Crippen molar-refractivity contribution in [2.75, 3.05) is 10.6 Å². The van der Waals surface area contributed by atoms with Crippen molar-refractivity contribution in [1.29, 1.82) is 5.26 Å². The Morgan fingerprint density at radius 1 is 1.00 bits per heavy atom. The molecular weight excluding hydrogens is 379 g/mol. The molecule has 0 saturated heterocycles. The highest BCUT2D eigenvalue weighted by molar-refractivity contribution is 6.31. The number of alkyl halides is 3. The molecule has 0 atom stereocenters. The Hall–Kier alpha value is -3.31. The van der Waals surface area contributed by atoms with E-state index in [1.807, 2.05) is 6.07 Å². The molecular formula is C18H11ClF3N5. The fourth-order valence-electron chi connectivity index (χ4n) is 2.25. The second-order valence-corrected chi connectivity index (χ2v) is 5.81. The molecule has 1 heterocycles. The summed E-state index contributed by atoms with van der Waals surface area (Å²) in [5.74, 6) is 0.513. The van der Waals surface area contributed by atoms with Gasteiger partial charge in [-0.05, 0) is 42.5 Å². The molecule has 0 unspecified atom stereocenters. The van der Waals surface area contributed by atoms with Crippen LogP contribution in [0.4, 0.5) is 36.3 Å². The van der Waals surface area contributed by atoms with E-state index in [1.54, 1.807) is 30.3 Å². The predicted octanol–water partition coefficient (Wildman–Crippen LogP) is 5.51. The quantitative estimate of drug-likeness (QED) is 0.615. The smallest absolute Gasteiger partial charge is 0.340 e. The lowest BCUT2D eigenvalue weighted by Crippen LogP contribution is -2.07. The van der Waals surface area contributed by atoms with Crippen LogP contribution in [0.1, 0.15) is 11.1 Å². The van der Waals surface area contributed by atoms with E-state index >= 15 is 0 Å². The van der Waals surface area contributed by atoms with Crippen LogP contribution in [0.5, 0.6) is 0 Å². The van der Waals surface area contributed by atoms with E-state index in [2.05, 4.69) is 20.6 Å². The molecule has 0 spiro atoms. The van der Waals surface area contributed by atoms with E-state index in [9.17, 15) is 13.2 Å². The Balaban J connectivity index is 1.81. The van der Waals surface area contributed by atoms with Crippen molar-refractivity contribution < 1.29 is 13.2 Å². The summed E-state index contributed by atoms with van der Waals surface area (Å²) in [5, 5.41) is 14.3. The van der Waals surface area contributed by atoms with Crippen LogP contribution in [-0.2, 0) is 6.18 Å². The minimum atomic E-state index is -4.56. The summed E-state index contributed by atoms with van der Waals surface area (Å²) in [6.07, 6.45) is -3.11. The normalized spacial score (nSPS) is 10.9. The Morgan fingerprint density at radius 3 is 2.52 bits per heavy atom. The fourth-order valence-corrected chi connectivity index (χ4v) is 2.48. The summed E-state index contributed by atoms with van der Waals surface area (Å²) >= 11 is 5.61. The van der Waals surface area contributed by atoms with Gasteiger partial charge in [-0.1, -0.05) is 17.7 Å². The minimum absolute atomic E-state index is 0.104. The molecule has 9 heteroatoms. The largest absolute Gasteiger partial charge is 0.417 e. The molecule has 0 amide bonds. The molecule has 3 rings (SSSR count). The lowest BCUT2D eigenvalue weighted by molar-refractivity contribution is -0.137. The standard InChI is InChI=1S/C18H11ClF3N5/c19-15-5-4-13(9-14(15)18(20,21)22)26-17-24-7-6-16(27-17)25-12-3-1-2-11(8-12)10-23/h1-9H,(H2,24,25,26,27). The third kappa shape index (κ3) is 4.65. The number of halogens is 4. The lowest BCUT2D eigenvalue weighted by atomic mass is 10.2. The second kappa shape index (κ2) is 7.51. The van der Waals surface area contributed by atoms with Gasteiger partial charge in [-0.2, -0.15) is 23.4 Å². The van der Waals surface area contributed by atoms with Crippen molar-refractivity contribution in [2.24, 2.45) is 0 Å². The van der Waals surface area contributed by atoms with Crippen LogP contribution >= 0.6 is 11.6 Å². The van der Waals surface area contributed by atoms with Crippen LogP contribution in [-0.4, -0.2) is 9.97 Å². The van der Waals surface area contributed by atoms with Gasteiger partial charge in [-0.25, -0.2) is 4.98 Å². The summed E-state index contributed by atoms with van der Waals surface area (Å²) in [6.45, 7) is 0. The number of nitrogens with zero attached hydrogens (tertiary/aromatic N) is 3. The zero-order valence-corrected chi connectivity index (χ0v) is 14.3. The lowest BCUT2D eigenvalue weighted by Gasteiger charge is -2.12. The molecule has 3 aromatic rings. The number of anilines is 4. The first-order chi connectivity index (χ1) is 12.8. The Bertz CT molecular complexity index is 1010. The third-order valence-electron chi connectivity index (χ3n) is 3.45. The van der Waals surface area contributed by atoms with Gasteiger partial charge < -0.3 is 10.6 Å². The van der Waals surface area contributed by atoms with E-state index in [4.69, 9.17) is 16.9 Å². The first kappa shape index (κ1) is 18.5. The van der Waals surface area contributed by atoms with Crippen molar-refractivity contribution in [1.82, 2.24) is 9.97 Å². The van der Waals surface area contributed by atoms with Crippen molar-refractivity contribution in [3.05, 3.63) is 70.9 Å². The van der Waals surface area contributed by atoms with Crippen molar-refractivity contribution >= 4 is 34.7 Å². The Morgan fingerprint density at radius 2 is 1.78 bits per heavy atom. The number of rotatable bonds is 4. The van der Waals surface area contributed by atoms with Gasteiger partial charge in [0.2, 0.25) is 5.95 Å². The van der Waals surface area contributed by atoms with Gasteiger partial charge in [0.05, 0.1) is 22.2 Å². The first-order valence-electron chi connectivity index (χ1n) is 7.59. The zero-order chi connectivity index (χ0) is 19.4. The summed E-state index contributed by atoms with van der Waals surface area (Å²) in [6, 6.07) is 13.8. The molecule has 0 saturated carbocycles.